The van der Waals surface area contributed by atoms with Crippen molar-refractivity contribution in [3.05, 3.63) is 81.1 Å². The summed E-state index contributed by atoms with van der Waals surface area (Å²) in [5.41, 5.74) is 4.07. The number of aromatic nitrogens is 2. The fourth-order valence-corrected chi connectivity index (χ4v) is 3.74. The fraction of sp³-hybridized carbons (Fsp3) is 0.273. The Balaban J connectivity index is 1.56. The lowest BCUT2D eigenvalue weighted by atomic mass is 10.1. The molecule has 0 aliphatic carbocycles. The molecular weight excluding hydrogens is 402 g/mol. The monoisotopic (exact) mass is 423 g/mol. The highest BCUT2D eigenvalue weighted by atomic mass is 79.9. The van der Waals surface area contributed by atoms with E-state index in [0.717, 1.165) is 34.4 Å². The minimum Gasteiger partial charge on any atom is -0.372 e. The summed E-state index contributed by atoms with van der Waals surface area (Å²) in [4.78, 5) is 14.7. The molecule has 1 aliphatic rings. The zero-order valence-electron chi connectivity index (χ0n) is 15.1. The molecule has 1 fully saturated rings. The number of hydrogen-bond acceptors (Lipinski definition) is 3. The number of anilines is 1. The second-order valence-electron chi connectivity index (χ2n) is 6.94. The molecule has 1 saturated heterocycles. The molecule has 138 valence electrons. The van der Waals surface area contributed by atoms with Crippen molar-refractivity contribution < 1.29 is 0 Å². The number of benzene rings is 2. The molecule has 0 spiro atoms. The minimum absolute atomic E-state index is 0.0911. The van der Waals surface area contributed by atoms with E-state index in [-0.39, 0.29) is 5.56 Å². The Morgan fingerprint density at radius 1 is 0.852 bits per heavy atom. The molecule has 4 nitrogen and oxygen atoms in total. The van der Waals surface area contributed by atoms with E-state index < -0.39 is 0 Å². The third kappa shape index (κ3) is 4.30. The lowest BCUT2D eigenvalue weighted by Crippen LogP contribution is -2.29. The van der Waals surface area contributed by atoms with Crippen LogP contribution in [0.4, 0.5) is 5.69 Å². The van der Waals surface area contributed by atoms with Gasteiger partial charge in [0.25, 0.3) is 5.56 Å². The van der Waals surface area contributed by atoms with Gasteiger partial charge in [-0.2, -0.15) is 5.10 Å². The molecule has 1 aromatic heterocycles. The van der Waals surface area contributed by atoms with Gasteiger partial charge in [-0.05, 0) is 55.2 Å². The van der Waals surface area contributed by atoms with Gasteiger partial charge < -0.3 is 4.90 Å². The van der Waals surface area contributed by atoms with E-state index >= 15 is 0 Å². The van der Waals surface area contributed by atoms with Gasteiger partial charge in [-0.1, -0.05) is 40.2 Å². The standard InChI is InChI=1S/C22H22BrN3O/c23-19-8-4-17(5-9-19)16-26-22(27)13-12-21(24-26)18-6-10-20(11-7-18)25-14-2-1-3-15-25/h4-13H,1-3,14-16H2. The normalized spacial score (nSPS) is 14.3. The highest BCUT2D eigenvalue weighted by molar-refractivity contribution is 9.10. The van der Waals surface area contributed by atoms with Crippen LogP contribution in [0.3, 0.4) is 0 Å². The molecule has 0 amide bonds. The van der Waals surface area contributed by atoms with E-state index in [4.69, 9.17) is 0 Å². The molecule has 5 heteroatoms. The summed E-state index contributed by atoms with van der Waals surface area (Å²) in [5.74, 6) is 0. The van der Waals surface area contributed by atoms with Crippen molar-refractivity contribution in [1.29, 1.82) is 0 Å². The number of rotatable bonds is 4. The van der Waals surface area contributed by atoms with Crippen LogP contribution in [-0.4, -0.2) is 22.9 Å². The van der Waals surface area contributed by atoms with Crippen molar-refractivity contribution in [2.24, 2.45) is 0 Å². The summed E-state index contributed by atoms with van der Waals surface area (Å²) in [5, 5.41) is 4.58. The van der Waals surface area contributed by atoms with E-state index in [1.54, 1.807) is 12.1 Å². The predicted molar refractivity (Wildman–Crippen MR) is 113 cm³/mol. The van der Waals surface area contributed by atoms with Crippen LogP contribution in [0, 0.1) is 0 Å². The van der Waals surface area contributed by atoms with Crippen LogP contribution in [0.15, 0.2) is 69.9 Å². The number of piperidine rings is 1. The Morgan fingerprint density at radius 2 is 1.56 bits per heavy atom. The average Bonchev–Trinajstić information content (AvgIpc) is 2.72. The maximum absolute atomic E-state index is 12.2. The van der Waals surface area contributed by atoms with Gasteiger partial charge in [0.15, 0.2) is 0 Å². The van der Waals surface area contributed by atoms with Gasteiger partial charge in [0.05, 0.1) is 12.2 Å². The molecule has 4 rings (SSSR count). The average molecular weight is 424 g/mol. The van der Waals surface area contributed by atoms with Crippen LogP contribution in [-0.2, 0) is 6.54 Å². The fourth-order valence-electron chi connectivity index (χ4n) is 3.47. The smallest absolute Gasteiger partial charge is 0.267 e. The summed E-state index contributed by atoms with van der Waals surface area (Å²) in [6.07, 6.45) is 3.87. The van der Waals surface area contributed by atoms with Gasteiger partial charge >= 0.3 is 0 Å². The molecule has 0 radical (unpaired) electrons. The van der Waals surface area contributed by atoms with E-state index in [1.165, 1.54) is 29.6 Å². The molecule has 0 N–H and O–H groups in total. The molecule has 2 heterocycles. The van der Waals surface area contributed by atoms with Gasteiger partial charge in [0.2, 0.25) is 0 Å². The quantitative estimate of drug-likeness (QED) is 0.609. The van der Waals surface area contributed by atoms with Crippen LogP contribution in [0.25, 0.3) is 11.3 Å². The second kappa shape index (κ2) is 8.09. The Labute approximate surface area is 167 Å². The van der Waals surface area contributed by atoms with Crippen molar-refractivity contribution in [2.45, 2.75) is 25.8 Å². The van der Waals surface area contributed by atoms with Crippen LogP contribution in [0.5, 0.6) is 0 Å². The van der Waals surface area contributed by atoms with E-state index in [2.05, 4.69) is 50.2 Å². The summed E-state index contributed by atoms with van der Waals surface area (Å²) < 4.78 is 2.55. The Bertz CT molecular complexity index is 958. The Morgan fingerprint density at radius 3 is 2.26 bits per heavy atom. The van der Waals surface area contributed by atoms with Crippen molar-refractivity contribution in [1.82, 2.24) is 9.78 Å². The molecular formula is C22H22BrN3O. The third-order valence-corrected chi connectivity index (χ3v) is 5.53. The molecule has 0 saturated carbocycles. The van der Waals surface area contributed by atoms with Gasteiger partial charge in [-0.25, -0.2) is 4.68 Å². The first-order chi connectivity index (χ1) is 13.2. The third-order valence-electron chi connectivity index (χ3n) is 5.00. The topological polar surface area (TPSA) is 38.1 Å². The SMILES string of the molecule is O=c1ccc(-c2ccc(N3CCCCC3)cc2)nn1Cc1ccc(Br)cc1. The first kappa shape index (κ1) is 18.0. The highest BCUT2D eigenvalue weighted by Gasteiger charge is 2.11. The molecule has 3 aromatic rings. The van der Waals surface area contributed by atoms with Crippen molar-refractivity contribution >= 4 is 21.6 Å². The molecule has 0 atom stereocenters. The number of halogens is 1. The molecule has 27 heavy (non-hydrogen) atoms. The first-order valence-corrected chi connectivity index (χ1v) is 10.2. The largest absolute Gasteiger partial charge is 0.372 e. The van der Waals surface area contributed by atoms with Crippen LogP contribution >= 0.6 is 15.9 Å². The van der Waals surface area contributed by atoms with Crippen molar-refractivity contribution in [2.75, 3.05) is 18.0 Å². The minimum atomic E-state index is -0.0911. The molecule has 1 aliphatic heterocycles. The zero-order valence-corrected chi connectivity index (χ0v) is 16.7. The van der Waals surface area contributed by atoms with Gasteiger partial charge in [-0.15, -0.1) is 0 Å². The molecule has 2 aromatic carbocycles. The zero-order chi connectivity index (χ0) is 18.6. The second-order valence-corrected chi connectivity index (χ2v) is 7.85. The van der Waals surface area contributed by atoms with Gasteiger partial charge in [0.1, 0.15) is 0 Å². The Kier molecular flexibility index (Phi) is 5.39. The summed E-state index contributed by atoms with van der Waals surface area (Å²) in [6, 6.07) is 19.9. The maximum Gasteiger partial charge on any atom is 0.267 e. The van der Waals surface area contributed by atoms with Crippen LogP contribution in [0.1, 0.15) is 24.8 Å². The van der Waals surface area contributed by atoms with E-state index in [0.29, 0.717) is 6.54 Å². The maximum atomic E-state index is 12.2. The first-order valence-electron chi connectivity index (χ1n) is 9.37. The molecule has 0 unspecified atom stereocenters. The number of hydrogen-bond donors (Lipinski definition) is 0. The van der Waals surface area contributed by atoms with Gasteiger partial charge in [-0.3, -0.25) is 4.79 Å². The molecule has 0 bridgehead atoms. The Hall–Kier alpha value is -2.40. The van der Waals surface area contributed by atoms with Crippen LogP contribution in [0.2, 0.25) is 0 Å². The van der Waals surface area contributed by atoms with E-state index in [1.807, 2.05) is 24.3 Å². The van der Waals surface area contributed by atoms with Crippen molar-refractivity contribution in [3.8, 4) is 11.3 Å². The predicted octanol–water partition coefficient (Wildman–Crippen LogP) is 4.71. The van der Waals surface area contributed by atoms with Gasteiger partial charge in [0, 0.05) is 34.9 Å². The lowest BCUT2D eigenvalue weighted by molar-refractivity contribution is 0.578. The summed E-state index contributed by atoms with van der Waals surface area (Å²) >= 11 is 3.43. The highest BCUT2D eigenvalue weighted by Crippen LogP contribution is 2.23. The van der Waals surface area contributed by atoms with Crippen molar-refractivity contribution in [3.63, 3.8) is 0 Å². The summed E-state index contributed by atoms with van der Waals surface area (Å²) in [7, 11) is 0. The lowest BCUT2D eigenvalue weighted by Gasteiger charge is -2.28. The number of nitrogens with zero attached hydrogens (tertiary/aromatic N) is 3. The van der Waals surface area contributed by atoms with E-state index in [9.17, 15) is 4.79 Å². The summed E-state index contributed by atoms with van der Waals surface area (Å²) in [6.45, 7) is 2.73. The van der Waals surface area contributed by atoms with Crippen LogP contribution < -0.4 is 10.5 Å².